The van der Waals surface area contributed by atoms with Crippen molar-refractivity contribution < 1.29 is 13.2 Å². The van der Waals surface area contributed by atoms with Crippen LogP contribution in [0, 0.1) is 5.92 Å². The van der Waals surface area contributed by atoms with Gasteiger partial charge in [0, 0.05) is 13.0 Å². The van der Waals surface area contributed by atoms with E-state index in [0.29, 0.717) is 50.9 Å². The summed E-state index contributed by atoms with van der Waals surface area (Å²) in [6.45, 7) is 2.48. The van der Waals surface area contributed by atoms with Gasteiger partial charge in [-0.25, -0.2) is 15.0 Å². The molecule has 35 heavy (non-hydrogen) atoms. The highest BCUT2D eigenvalue weighted by atomic mass is 35.5. The summed E-state index contributed by atoms with van der Waals surface area (Å²) in [5.41, 5.74) is 1.42. The second-order valence-electron chi connectivity index (χ2n) is 8.65. The summed E-state index contributed by atoms with van der Waals surface area (Å²) in [6, 6.07) is 10.9. The lowest BCUT2D eigenvalue weighted by Crippen LogP contribution is -2.16. The number of nitrogens with one attached hydrogen (secondary N) is 1. The fraction of sp³-hybridized carbons (Fsp3) is 0.320. The monoisotopic (exact) mass is 519 g/mol. The molecule has 4 aromatic rings. The Morgan fingerprint density at radius 3 is 2.49 bits per heavy atom. The molecule has 182 valence electrons. The van der Waals surface area contributed by atoms with Crippen LogP contribution in [0.3, 0.4) is 0 Å². The molecule has 1 saturated heterocycles. The molecule has 10 heteroatoms. The van der Waals surface area contributed by atoms with Crippen LogP contribution in [0.4, 0.5) is 13.2 Å². The zero-order valence-electron chi connectivity index (χ0n) is 18.6. The SMILES string of the molecule is FC(F)(F)c1ccccc1CCc1ncc2nc(-c3c(Cl)cccc3Cl)n(CC3CCNC3)c2n1. The van der Waals surface area contributed by atoms with Gasteiger partial charge in [-0.3, -0.25) is 0 Å². The van der Waals surface area contributed by atoms with E-state index in [2.05, 4.69) is 10.3 Å². The summed E-state index contributed by atoms with van der Waals surface area (Å²) >= 11 is 13.0. The van der Waals surface area contributed by atoms with Gasteiger partial charge in [0.25, 0.3) is 0 Å². The van der Waals surface area contributed by atoms with E-state index in [0.717, 1.165) is 25.6 Å². The molecule has 1 unspecified atom stereocenters. The van der Waals surface area contributed by atoms with Crippen LogP contribution < -0.4 is 5.32 Å². The Morgan fingerprint density at radius 2 is 1.77 bits per heavy atom. The zero-order chi connectivity index (χ0) is 24.6. The number of halogens is 5. The fourth-order valence-electron chi connectivity index (χ4n) is 4.54. The van der Waals surface area contributed by atoms with E-state index in [1.54, 1.807) is 30.5 Å². The second-order valence-corrected chi connectivity index (χ2v) is 9.47. The van der Waals surface area contributed by atoms with E-state index in [9.17, 15) is 13.2 Å². The lowest BCUT2D eigenvalue weighted by Gasteiger charge is -2.15. The molecule has 0 bridgehead atoms. The minimum absolute atomic E-state index is 0.172. The largest absolute Gasteiger partial charge is 0.416 e. The summed E-state index contributed by atoms with van der Waals surface area (Å²) in [7, 11) is 0. The first-order valence-corrected chi connectivity index (χ1v) is 12.1. The normalized spacial score (nSPS) is 16.3. The van der Waals surface area contributed by atoms with E-state index < -0.39 is 11.7 Å². The van der Waals surface area contributed by atoms with E-state index >= 15 is 0 Å². The molecule has 1 N–H and O–H groups in total. The fourth-order valence-corrected chi connectivity index (χ4v) is 5.11. The van der Waals surface area contributed by atoms with Gasteiger partial charge in [0.1, 0.15) is 17.2 Å². The van der Waals surface area contributed by atoms with Gasteiger partial charge in [0.15, 0.2) is 5.65 Å². The van der Waals surface area contributed by atoms with Crippen LogP contribution in [0.1, 0.15) is 23.4 Å². The topological polar surface area (TPSA) is 55.6 Å². The Morgan fingerprint density at radius 1 is 1.00 bits per heavy atom. The molecule has 1 aliphatic heterocycles. The predicted molar refractivity (Wildman–Crippen MR) is 131 cm³/mol. The minimum Gasteiger partial charge on any atom is -0.316 e. The van der Waals surface area contributed by atoms with Crippen LogP contribution in [0.2, 0.25) is 10.0 Å². The summed E-state index contributed by atoms with van der Waals surface area (Å²) in [5, 5.41) is 4.34. The van der Waals surface area contributed by atoms with Crippen molar-refractivity contribution in [3.8, 4) is 11.4 Å². The van der Waals surface area contributed by atoms with Crippen LogP contribution in [0.5, 0.6) is 0 Å². The first kappa shape index (κ1) is 24.0. The van der Waals surface area contributed by atoms with Crippen molar-refractivity contribution in [2.24, 2.45) is 5.92 Å². The average Bonchev–Trinajstić information content (AvgIpc) is 3.46. The third-order valence-electron chi connectivity index (χ3n) is 6.27. The van der Waals surface area contributed by atoms with Gasteiger partial charge in [-0.2, -0.15) is 13.2 Å². The smallest absolute Gasteiger partial charge is 0.316 e. The van der Waals surface area contributed by atoms with Crippen LogP contribution >= 0.6 is 23.2 Å². The number of hydrogen-bond donors (Lipinski definition) is 1. The van der Waals surface area contributed by atoms with Gasteiger partial charge in [0.2, 0.25) is 0 Å². The van der Waals surface area contributed by atoms with Crippen molar-refractivity contribution in [3.05, 3.63) is 75.7 Å². The van der Waals surface area contributed by atoms with Gasteiger partial charge in [-0.15, -0.1) is 0 Å². The van der Waals surface area contributed by atoms with Gasteiger partial charge < -0.3 is 9.88 Å². The standard InChI is InChI=1S/C25H22Cl2F3N5/c26-18-6-3-7-19(27)22(18)24-33-20-13-32-21(34-23(20)35(24)14-15-10-11-31-12-15)9-8-16-4-1-2-5-17(16)25(28,29)30/h1-7,13,15,31H,8-12,14H2. The molecule has 1 aliphatic rings. The van der Waals surface area contributed by atoms with Crippen LogP contribution in [0.25, 0.3) is 22.6 Å². The predicted octanol–water partition coefficient (Wildman–Crippen LogP) is 6.21. The Bertz CT molecular complexity index is 1340. The van der Waals surface area contributed by atoms with E-state index in [1.165, 1.54) is 12.1 Å². The highest BCUT2D eigenvalue weighted by Crippen LogP contribution is 2.36. The molecule has 0 amide bonds. The molecule has 1 atom stereocenters. The third-order valence-corrected chi connectivity index (χ3v) is 6.90. The second kappa shape index (κ2) is 9.76. The van der Waals surface area contributed by atoms with Crippen LogP contribution in [-0.2, 0) is 25.6 Å². The molecule has 2 aromatic heterocycles. The maximum Gasteiger partial charge on any atom is 0.416 e. The van der Waals surface area contributed by atoms with E-state index in [1.807, 2.05) is 4.57 Å². The Hall–Kier alpha value is -2.68. The van der Waals surface area contributed by atoms with Crippen molar-refractivity contribution in [1.82, 2.24) is 24.8 Å². The van der Waals surface area contributed by atoms with Crippen LogP contribution in [-0.4, -0.2) is 32.6 Å². The molecular formula is C25H22Cl2F3N5. The molecule has 2 aromatic carbocycles. The molecule has 1 fully saturated rings. The lowest BCUT2D eigenvalue weighted by molar-refractivity contribution is -0.138. The molecule has 5 rings (SSSR count). The summed E-state index contributed by atoms with van der Waals surface area (Å²) < 4.78 is 42.2. The molecule has 0 aliphatic carbocycles. The quantitative estimate of drug-likeness (QED) is 0.328. The van der Waals surface area contributed by atoms with E-state index in [4.69, 9.17) is 33.2 Å². The highest BCUT2D eigenvalue weighted by Gasteiger charge is 2.32. The molecule has 5 nitrogen and oxygen atoms in total. The van der Waals surface area contributed by atoms with Gasteiger partial charge in [0.05, 0.1) is 27.4 Å². The van der Waals surface area contributed by atoms with E-state index in [-0.39, 0.29) is 18.4 Å². The third kappa shape index (κ3) is 5.01. The van der Waals surface area contributed by atoms with Crippen molar-refractivity contribution in [3.63, 3.8) is 0 Å². The first-order valence-electron chi connectivity index (χ1n) is 11.3. The molecule has 3 heterocycles. The number of hydrogen-bond acceptors (Lipinski definition) is 4. The number of benzene rings is 2. The Labute approximate surface area is 210 Å². The summed E-state index contributed by atoms with van der Waals surface area (Å²) in [5.74, 6) is 1.44. The van der Waals surface area contributed by atoms with Gasteiger partial charge in [-0.05, 0) is 55.6 Å². The van der Waals surface area contributed by atoms with Crippen molar-refractivity contribution in [1.29, 1.82) is 0 Å². The molecule has 0 saturated carbocycles. The minimum atomic E-state index is -4.40. The number of fused-ring (bicyclic) bond motifs is 1. The number of nitrogens with zero attached hydrogens (tertiary/aromatic N) is 4. The zero-order valence-corrected chi connectivity index (χ0v) is 20.1. The molecule has 0 radical (unpaired) electrons. The van der Waals surface area contributed by atoms with Crippen LogP contribution in [0.15, 0.2) is 48.7 Å². The maximum absolute atomic E-state index is 13.4. The van der Waals surface area contributed by atoms with Gasteiger partial charge in [-0.1, -0.05) is 47.5 Å². The van der Waals surface area contributed by atoms with Gasteiger partial charge >= 0.3 is 6.18 Å². The number of aromatic nitrogens is 4. The molecule has 0 spiro atoms. The van der Waals surface area contributed by atoms with Crippen molar-refractivity contribution in [2.45, 2.75) is 32.0 Å². The lowest BCUT2D eigenvalue weighted by atomic mass is 10.0. The number of imidazole rings is 1. The Balaban J connectivity index is 1.53. The first-order chi connectivity index (χ1) is 16.8. The van der Waals surface area contributed by atoms with Crippen molar-refractivity contribution >= 4 is 34.4 Å². The number of aryl methyl sites for hydroxylation is 2. The number of rotatable bonds is 6. The maximum atomic E-state index is 13.4. The van der Waals surface area contributed by atoms with Crippen molar-refractivity contribution in [2.75, 3.05) is 13.1 Å². The Kier molecular flexibility index (Phi) is 6.70. The summed E-state index contributed by atoms with van der Waals surface area (Å²) in [6.07, 6.45) is -1.34. The number of alkyl halides is 3. The molecular weight excluding hydrogens is 498 g/mol. The summed E-state index contributed by atoms with van der Waals surface area (Å²) in [4.78, 5) is 13.9. The highest BCUT2D eigenvalue weighted by molar-refractivity contribution is 6.39. The average molecular weight is 520 g/mol.